The molecule has 1 aliphatic rings. The van der Waals surface area contributed by atoms with E-state index in [1.54, 1.807) is 64.6 Å². The number of anilines is 6. The number of halogens is 6. The van der Waals surface area contributed by atoms with Crippen LogP contribution in [0.3, 0.4) is 0 Å². The summed E-state index contributed by atoms with van der Waals surface area (Å²) in [5, 5.41) is 81.3. The molecule has 1 saturated heterocycles. The molecule has 1 heterocycles. The van der Waals surface area contributed by atoms with Gasteiger partial charge in [-0.3, -0.25) is 64.5 Å². The molecule has 522 valence electrons. The monoisotopic (exact) mass is 1400 g/mol. The van der Waals surface area contributed by atoms with E-state index in [0.29, 0.717) is 92.0 Å². The molecule has 0 unspecified atom stereocenters. The molecule has 4 aromatic rings. The summed E-state index contributed by atoms with van der Waals surface area (Å²) in [6.45, 7) is 23.4. The van der Waals surface area contributed by atoms with Crippen molar-refractivity contribution in [2.24, 2.45) is 5.73 Å². The first kappa shape index (κ1) is 87.8. The van der Waals surface area contributed by atoms with Gasteiger partial charge in [-0.15, -0.1) is 34.8 Å². The molecule has 4 aromatic carbocycles. The Labute approximate surface area is 560 Å². The zero-order chi connectivity index (χ0) is 72.0. The molecule has 0 spiro atoms. The summed E-state index contributed by atoms with van der Waals surface area (Å²) in [5.41, 5.74) is 7.94. The van der Waals surface area contributed by atoms with Gasteiger partial charge in [0.25, 0.3) is 11.4 Å². The van der Waals surface area contributed by atoms with Gasteiger partial charge in [0.15, 0.2) is 0 Å². The maximum atomic E-state index is 13.0. The van der Waals surface area contributed by atoms with Crippen molar-refractivity contribution in [1.82, 2.24) is 4.90 Å². The van der Waals surface area contributed by atoms with Crippen molar-refractivity contribution in [2.75, 3.05) is 82.3 Å². The molecule has 0 saturated carbocycles. The highest BCUT2D eigenvalue weighted by Crippen LogP contribution is 2.33. The third-order valence-electron chi connectivity index (χ3n) is 11.8. The number of nitrogen functional groups attached to an aromatic ring is 1. The maximum absolute atomic E-state index is 13.0. The Morgan fingerprint density at radius 1 is 0.624 bits per heavy atom. The number of nitro benzene ring substituents is 4. The molecule has 33 heteroatoms. The quantitative estimate of drug-likeness (QED) is 0.00927. The lowest BCUT2D eigenvalue weighted by Crippen LogP contribution is -2.36. The lowest BCUT2D eigenvalue weighted by atomic mass is 10.1. The van der Waals surface area contributed by atoms with E-state index in [9.17, 15) is 78.6 Å². The summed E-state index contributed by atoms with van der Waals surface area (Å²) in [4.78, 5) is 88.7. The van der Waals surface area contributed by atoms with Crippen LogP contribution in [0, 0.1) is 52.1 Å². The van der Waals surface area contributed by atoms with E-state index in [0.717, 1.165) is 37.2 Å². The molecule has 27 nitrogen and oxygen atoms in total. The number of nitro groups is 4. The van der Waals surface area contributed by atoms with Crippen LogP contribution in [0.2, 0.25) is 0 Å². The second-order valence-corrected chi connectivity index (χ2v) is 24.2. The Hall–Kier alpha value is -7.22. The summed E-state index contributed by atoms with van der Waals surface area (Å²) in [7, 11) is 0. The summed E-state index contributed by atoms with van der Waals surface area (Å²) < 4.78 is 25.5. The number of aliphatic hydroxyl groups is 3. The molecular weight excluding hydrogens is 1310 g/mol. The largest absolute Gasteiger partial charge is 0.399 e. The first-order valence-corrected chi connectivity index (χ1v) is 31.1. The van der Waals surface area contributed by atoms with Crippen LogP contribution in [0.25, 0.3) is 0 Å². The van der Waals surface area contributed by atoms with E-state index in [1.807, 2.05) is 0 Å². The molecule has 11 N–H and O–H groups in total. The van der Waals surface area contributed by atoms with Crippen molar-refractivity contribution in [1.29, 1.82) is 0 Å². The first-order valence-electron chi connectivity index (χ1n) is 29.2. The van der Waals surface area contributed by atoms with Gasteiger partial charge in [0, 0.05) is 123 Å². The highest BCUT2D eigenvalue weighted by Gasteiger charge is 2.26. The highest BCUT2D eigenvalue weighted by molar-refractivity contribution is 6.63. The third kappa shape index (κ3) is 40.5. The molecule has 93 heavy (non-hydrogen) atoms. The van der Waals surface area contributed by atoms with Crippen LogP contribution < -0.4 is 37.6 Å². The number of nitrogens with one attached hydrogen (secondary N) is 4. The Morgan fingerprint density at radius 2 is 1.00 bits per heavy atom. The van der Waals surface area contributed by atoms with Crippen molar-refractivity contribution < 1.29 is 63.0 Å². The molecule has 0 aromatic heterocycles. The van der Waals surface area contributed by atoms with Gasteiger partial charge in [0.05, 0.1) is 42.2 Å². The number of hydrogen-bond acceptors (Lipinski definition) is 20. The van der Waals surface area contributed by atoms with Crippen LogP contribution in [-0.4, -0.2) is 142 Å². The number of rotatable bonds is 26. The van der Waals surface area contributed by atoms with Crippen molar-refractivity contribution in [3.63, 3.8) is 0 Å². The van der Waals surface area contributed by atoms with Crippen LogP contribution in [0.1, 0.15) is 128 Å². The minimum Gasteiger partial charge on any atom is -0.399 e. The van der Waals surface area contributed by atoms with Crippen LogP contribution in [0.4, 0.5) is 65.7 Å². The number of carbonyl (C=O) groups is 4. The number of benzene rings is 4. The van der Waals surface area contributed by atoms with Crippen molar-refractivity contribution >= 4 is 126 Å². The molecule has 0 atom stereocenters. The maximum Gasteiger partial charge on any atom is 0.306 e. The predicted molar refractivity (Wildman–Crippen MR) is 364 cm³/mol. The average molecular weight is 1400 g/mol. The molecule has 1 aliphatic heterocycles. The second kappa shape index (κ2) is 45.2. The minimum atomic E-state index is -0.998. The second-order valence-electron chi connectivity index (χ2n) is 22.7. The third-order valence-corrected chi connectivity index (χ3v) is 12.8. The summed E-state index contributed by atoms with van der Waals surface area (Å²) in [6, 6.07) is 16.8. The number of carbonyl (C=O) groups excluding carboxylic acids is 4. The number of amides is 3. The van der Waals surface area contributed by atoms with Gasteiger partial charge in [-0.25, -0.2) is 0 Å². The molecule has 0 aliphatic carbocycles. The topological polar surface area (TPSA) is 408 Å². The van der Waals surface area contributed by atoms with Crippen molar-refractivity contribution in [3.8, 4) is 0 Å². The van der Waals surface area contributed by atoms with Gasteiger partial charge in [0.1, 0.15) is 11.4 Å². The Balaban J connectivity index is 0. The Bertz CT molecular complexity index is 3000. The normalized spacial score (nSPS) is 11.7. The molecule has 1 fully saturated rings. The smallest absolute Gasteiger partial charge is 0.306 e. The van der Waals surface area contributed by atoms with Gasteiger partial charge in [-0.2, -0.15) is 8.78 Å². The number of alkyl halides is 3. The minimum absolute atomic E-state index is 0.0125. The molecule has 5 rings (SSSR count). The lowest BCUT2D eigenvalue weighted by Gasteiger charge is -2.28. The summed E-state index contributed by atoms with van der Waals surface area (Å²) >= 11 is 21.1. The summed E-state index contributed by atoms with van der Waals surface area (Å²) in [5.74, 6) is -1.12. The fourth-order valence-corrected chi connectivity index (χ4v) is 7.81. The van der Waals surface area contributed by atoms with Gasteiger partial charge >= 0.3 is 11.4 Å². The molecule has 3 amide bonds. The Kier molecular flexibility index (Phi) is 42.7. The summed E-state index contributed by atoms with van der Waals surface area (Å²) in [6.07, 6.45) is 3.86. The number of nitrogens with zero attached hydrogens (tertiary/aromatic N) is 6. The SMILES string of the molecule is CC(C)(O)CN.CC(C)(O)CNc1ccc(N2CCCC2=O)cc1[N+](=O)[O-].CC(C)(O)CNc1ccc(NC(=O)CCCCl)cc1[N+](=O)[O-].CCN(C(C)C)C(C)C.Nc1ccc(F)c([N+](=O)[O-])c1.O=C(CCCCl)Nc1ccc(F)c([N+](=O)[O-])c1.O=C(Cl)CCCCl. The fraction of sp³-hybridized carbons (Fsp3) is 0.533. The fourth-order valence-electron chi connectivity index (χ4n) is 7.28. The van der Waals surface area contributed by atoms with Gasteiger partial charge in [-0.05, 0) is 162 Å². The number of hydrogen-bond donors (Lipinski definition) is 9. The van der Waals surface area contributed by atoms with E-state index in [1.165, 1.54) is 30.3 Å². The van der Waals surface area contributed by atoms with Crippen molar-refractivity contribution in [3.05, 3.63) is 125 Å². The van der Waals surface area contributed by atoms with Gasteiger partial charge < -0.3 is 53.0 Å². The standard InChI is InChI=1S/C14H20ClN3O4.C14H19N3O4.C10H10ClFN2O3.C8H19N.C6H5FN2O2.C4H6Cl2O.C4H11NO/c1-14(2,20)9-16-11-6-5-10(8-12(11)18(21)22)17-13(19)4-3-7-15;1-14(2,19)9-15-11-6-5-10(8-12(11)17(20)21)16-7-3-4-13(16)18;11-5-1-2-10(15)13-7-3-4-8(12)9(6-7)14(16)17;1-6-9(7(2)3)8(4)5;7-5-2-1-4(8)3-6(5)9(10)11;5-3-1-2-4(6)7;1-4(2,6)3-5/h5-6,8,16,20H,3-4,7,9H2,1-2H3,(H,17,19);5-6,8,15,19H,3-4,7,9H2,1-2H3;3-4,6H,1-2,5H2,(H,13,15);7-8H,6H2,1-5H3;1-3H,8H2;1-3H2;6H,3,5H2,1-2H3. The predicted octanol–water partition coefficient (Wildman–Crippen LogP) is 12.3. The van der Waals surface area contributed by atoms with Gasteiger partial charge in [0.2, 0.25) is 34.6 Å². The Morgan fingerprint density at radius 3 is 1.32 bits per heavy atom. The van der Waals surface area contributed by atoms with Crippen LogP contribution in [-0.2, 0) is 19.2 Å². The lowest BCUT2D eigenvalue weighted by molar-refractivity contribution is -0.387. The van der Waals surface area contributed by atoms with Crippen LogP contribution in [0.5, 0.6) is 0 Å². The van der Waals surface area contributed by atoms with Gasteiger partial charge in [-0.1, -0.05) is 6.92 Å². The molecule has 0 bridgehead atoms. The molecule has 0 radical (unpaired) electrons. The zero-order valence-corrected chi connectivity index (χ0v) is 57.3. The van der Waals surface area contributed by atoms with E-state index < -0.39 is 59.5 Å². The van der Waals surface area contributed by atoms with E-state index in [-0.39, 0.29) is 77.3 Å². The average Bonchev–Trinajstić information content (AvgIpc) is 1.82. The zero-order valence-electron chi connectivity index (χ0n) is 54.2. The molecular formula is C60H90Cl4F2N12O15. The van der Waals surface area contributed by atoms with E-state index in [2.05, 4.69) is 60.8 Å². The van der Waals surface area contributed by atoms with E-state index in [4.69, 9.17) is 63.0 Å². The van der Waals surface area contributed by atoms with Crippen LogP contribution >= 0.6 is 46.4 Å². The van der Waals surface area contributed by atoms with Crippen molar-refractivity contribution in [2.45, 2.75) is 156 Å². The van der Waals surface area contributed by atoms with E-state index >= 15 is 0 Å². The first-order chi connectivity index (χ1) is 43.1. The van der Waals surface area contributed by atoms with Crippen LogP contribution in [0.15, 0.2) is 72.8 Å². The number of nitrogens with two attached hydrogens (primary N) is 2. The highest BCUT2D eigenvalue weighted by atomic mass is 35.5.